The van der Waals surface area contributed by atoms with E-state index < -0.39 is 27.7 Å². The molecule has 0 aliphatic heterocycles. The smallest absolute Gasteiger partial charge is 0.329 e. The third-order valence-corrected chi connectivity index (χ3v) is 6.86. The van der Waals surface area contributed by atoms with Crippen molar-refractivity contribution in [2.24, 2.45) is 0 Å². The second-order valence-electron chi connectivity index (χ2n) is 5.69. The fourth-order valence-electron chi connectivity index (χ4n) is 1.46. The van der Waals surface area contributed by atoms with Gasteiger partial charge in [0.25, 0.3) is 0 Å². The summed E-state index contributed by atoms with van der Waals surface area (Å²) >= 11 is 0. The lowest BCUT2D eigenvalue weighted by molar-refractivity contribution is -0.0773. The van der Waals surface area contributed by atoms with Crippen LogP contribution in [-0.4, -0.2) is 42.4 Å². The Morgan fingerprint density at radius 1 is 0.933 bits per heavy atom. The Bertz CT molecular complexity index is 225. The van der Waals surface area contributed by atoms with E-state index in [-0.39, 0.29) is 0 Å². The summed E-state index contributed by atoms with van der Waals surface area (Å²) < 4.78 is 5.54. The summed E-state index contributed by atoms with van der Waals surface area (Å²) in [4.78, 5) is 19.7. The summed E-state index contributed by atoms with van der Waals surface area (Å²) in [6, 6.07) is 0. The minimum Gasteiger partial charge on any atom is -0.429 e. The van der Waals surface area contributed by atoms with Crippen LogP contribution in [0.3, 0.4) is 0 Å². The van der Waals surface area contributed by atoms with Gasteiger partial charge in [0.2, 0.25) is 8.32 Å². The number of hydrogen-bond donors (Lipinski definition) is 3. The van der Waals surface area contributed by atoms with E-state index in [4.69, 9.17) is 4.43 Å². The summed E-state index contributed by atoms with van der Waals surface area (Å²) in [5, 5.41) is 9.03. The van der Waals surface area contributed by atoms with E-state index in [2.05, 4.69) is 0 Å². The number of rotatable bonds is 4. The van der Waals surface area contributed by atoms with E-state index >= 15 is 0 Å². The lowest BCUT2D eigenvalue weighted by Crippen LogP contribution is -2.67. The van der Waals surface area contributed by atoms with E-state index in [0.717, 1.165) is 0 Å². The summed E-state index contributed by atoms with van der Waals surface area (Å²) in [6.07, 6.45) is 0. The van der Waals surface area contributed by atoms with Crippen molar-refractivity contribution < 1.29 is 19.1 Å². The van der Waals surface area contributed by atoms with Gasteiger partial charge in [-0.3, -0.25) is 0 Å². The van der Waals surface area contributed by atoms with E-state index in [1.807, 2.05) is 0 Å². The van der Waals surface area contributed by atoms with Gasteiger partial charge >= 0.3 is 8.56 Å². The normalized spacial score (nSPS) is 18.8. The van der Waals surface area contributed by atoms with Gasteiger partial charge in [-0.05, 0) is 47.0 Å². The van der Waals surface area contributed by atoms with Crippen LogP contribution in [0.2, 0.25) is 26.2 Å². The fraction of sp³-hybridized carbons (Fsp3) is 1.00. The highest BCUT2D eigenvalue weighted by Gasteiger charge is 2.54. The Balaban J connectivity index is 5.03. The van der Waals surface area contributed by atoms with Gasteiger partial charge in [0.15, 0.2) is 0 Å². The Kier molecular flexibility index (Phi) is 4.01. The van der Waals surface area contributed by atoms with Crippen molar-refractivity contribution in [2.75, 3.05) is 0 Å². The molecule has 0 spiro atoms. The minimum absolute atomic E-state index is 0.956. The minimum atomic E-state index is -2.78. The molecule has 0 fully saturated rings. The molecule has 0 aliphatic rings. The zero-order valence-corrected chi connectivity index (χ0v) is 12.7. The van der Waals surface area contributed by atoms with Crippen molar-refractivity contribution >= 4 is 16.9 Å². The van der Waals surface area contributed by atoms with Gasteiger partial charge in [-0.25, -0.2) is 0 Å². The topological polar surface area (TPSA) is 69.9 Å². The Labute approximate surface area is 94.3 Å². The van der Waals surface area contributed by atoms with Crippen molar-refractivity contribution in [2.45, 2.75) is 57.8 Å². The largest absolute Gasteiger partial charge is 0.429 e. The van der Waals surface area contributed by atoms with Crippen LogP contribution in [0.25, 0.3) is 0 Å². The standard InChI is InChI=1S/C9H24O4Si2/c1-8(2,13-15(6,7)12)9(3,10)14(4,5)11/h10-12H,1-7H3. The first-order valence-corrected chi connectivity index (χ1v) is 10.9. The lowest BCUT2D eigenvalue weighted by atomic mass is 10.0. The first-order valence-electron chi connectivity index (χ1n) is 5.08. The fourth-order valence-corrected chi connectivity index (χ4v) is 4.53. The maximum absolute atomic E-state index is 10.3. The third kappa shape index (κ3) is 3.65. The van der Waals surface area contributed by atoms with Crippen molar-refractivity contribution in [1.82, 2.24) is 0 Å². The van der Waals surface area contributed by atoms with Crippen molar-refractivity contribution in [3.8, 4) is 0 Å². The molecule has 0 saturated heterocycles. The SMILES string of the molecule is CC(C)(O[Si](C)(C)O)C(C)(O)[Si](C)(C)O. The molecular formula is C9H24O4Si2. The molecule has 0 amide bonds. The molecule has 6 heteroatoms. The van der Waals surface area contributed by atoms with E-state index in [9.17, 15) is 14.7 Å². The van der Waals surface area contributed by atoms with Gasteiger partial charge in [0.05, 0.1) is 5.60 Å². The molecule has 3 N–H and O–H groups in total. The van der Waals surface area contributed by atoms with Crippen molar-refractivity contribution in [3.05, 3.63) is 0 Å². The monoisotopic (exact) mass is 252 g/mol. The average Bonchev–Trinajstić information content (AvgIpc) is 1.77. The molecule has 0 heterocycles. The Hall–Kier alpha value is 0.274. The number of aliphatic hydroxyl groups is 1. The number of hydrogen-bond acceptors (Lipinski definition) is 4. The molecule has 15 heavy (non-hydrogen) atoms. The highest BCUT2D eigenvalue weighted by Crippen LogP contribution is 2.34. The molecule has 0 aromatic heterocycles. The average molecular weight is 252 g/mol. The molecule has 0 saturated carbocycles. The molecule has 1 atom stereocenters. The quantitative estimate of drug-likeness (QED) is 0.652. The first-order chi connectivity index (χ1) is 6.21. The summed E-state index contributed by atoms with van der Waals surface area (Å²) in [5.74, 6) is 0. The molecule has 4 nitrogen and oxygen atoms in total. The highest BCUT2D eigenvalue weighted by molar-refractivity contribution is 6.73. The van der Waals surface area contributed by atoms with Crippen molar-refractivity contribution in [1.29, 1.82) is 0 Å². The molecule has 92 valence electrons. The van der Waals surface area contributed by atoms with Crippen LogP contribution in [0.4, 0.5) is 0 Å². The van der Waals surface area contributed by atoms with Crippen LogP contribution in [0, 0.1) is 0 Å². The molecule has 0 aromatic carbocycles. The van der Waals surface area contributed by atoms with Crippen molar-refractivity contribution in [3.63, 3.8) is 0 Å². The summed E-state index contributed by atoms with van der Waals surface area (Å²) in [6.45, 7) is 11.5. The molecule has 0 rings (SSSR count). The zero-order valence-electron chi connectivity index (χ0n) is 10.7. The maximum Gasteiger partial charge on any atom is 0.329 e. The van der Waals surface area contributed by atoms with Gasteiger partial charge in [-0.15, -0.1) is 0 Å². The molecule has 1 unspecified atom stereocenters. The van der Waals surface area contributed by atoms with Gasteiger partial charge in [-0.2, -0.15) is 0 Å². The van der Waals surface area contributed by atoms with Crippen LogP contribution in [0.1, 0.15) is 20.8 Å². The van der Waals surface area contributed by atoms with Crippen LogP contribution in [0.15, 0.2) is 0 Å². The highest BCUT2D eigenvalue weighted by atomic mass is 28.4. The van der Waals surface area contributed by atoms with Crippen LogP contribution >= 0.6 is 0 Å². The zero-order chi connectivity index (χ0) is 12.7. The van der Waals surface area contributed by atoms with Gasteiger partial charge < -0.3 is 19.1 Å². The van der Waals surface area contributed by atoms with Crippen LogP contribution in [0.5, 0.6) is 0 Å². The predicted octanol–water partition coefficient (Wildman–Crippen LogP) is 0.963. The second kappa shape index (κ2) is 3.94. The van der Waals surface area contributed by atoms with E-state index in [1.165, 1.54) is 0 Å². The molecule has 0 aliphatic carbocycles. The van der Waals surface area contributed by atoms with Crippen LogP contribution in [-0.2, 0) is 4.43 Å². The van der Waals surface area contributed by atoms with E-state index in [0.29, 0.717) is 0 Å². The predicted molar refractivity (Wildman–Crippen MR) is 65.2 cm³/mol. The van der Waals surface area contributed by atoms with Gasteiger partial charge in [0.1, 0.15) is 5.22 Å². The second-order valence-corrected chi connectivity index (χ2v) is 12.9. The molecule has 0 bridgehead atoms. The first kappa shape index (κ1) is 15.3. The maximum atomic E-state index is 10.3. The summed E-state index contributed by atoms with van der Waals surface area (Å²) in [7, 11) is -5.51. The van der Waals surface area contributed by atoms with Gasteiger partial charge in [-0.1, -0.05) is 0 Å². The van der Waals surface area contributed by atoms with Crippen LogP contribution < -0.4 is 0 Å². The molecule has 0 radical (unpaired) electrons. The van der Waals surface area contributed by atoms with Gasteiger partial charge in [0, 0.05) is 0 Å². The summed E-state index contributed by atoms with van der Waals surface area (Å²) in [5.41, 5.74) is -0.956. The third-order valence-electron chi connectivity index (χ3n) is 2.87. The Morgan fingerprint density at radius 2 is 1.27 bits per heavy atom. The Morgan fingerprint density at radius 3 is 1.47 bits per heavy atom. The lowest BCUT2D eigenvalue weighted by Gasteiger charge is -2.47. The molecular weight excluding hydrogens is 228 g/mol. The molecule has 0 aromatic rings. The van der Waals surface area contributed by atoms with E-state index in [1.54, 1.807) is 47.0 Å².